The minimum atomic E-state index is -0.0470. The van der Waals surface area contributed by atoms with Gasteiger partial charge in [0.15, 0.2) is 0 Å². The summed E-state index contributed by atoms with van der Waals surface area (Å²) in [4.78, 5) is 11.5. The number of amides is 1. The summed E-state index contributed by atoms with van der Waals surface area (Å²) in [5.74, 6) is 0.733. The van der Waals surface area contributed by atoms with E-state index in [1.807, 2.05) is 31.2 Å². The predicted molar refractivity (Wildman–Crippen MR) is 65.0 cm³/mol. The lowest BCUT2D eigenvalue weighted by molar-refractivity contribution is -0.120. The average Bonchev–Trinajstić information content (AvgIpc) is 2.26. The zero-order chi connectivity index (χ0) is 12.0. The largest absolute Gasteiger partial charge is 0.497 e. The van der Waals surface area contributed by atoms with E-state index in [1.54, 1.807) is 7.11 Å². The number of alkyl halides is 1. The van der Waals surface area contributed by atoms with E-state index < -0.39 is 0 Å². The van der Waals surface area contributed by atoms with Crippen LogP contribution < -0.4 is 10.1 Å². The Morgan fingerprint density at radius 2 is 2.31 bits per heavy atom. The van der Waals surface area contributed by atoms with E-state index in [0.717, 1.165) is 11.3 Å². The monoisotopic (exact) mass is 241 g/mol. The molecule has 0 spiro atoms. The van der Waals surface area contributed by atoms with Gasteiger partial charge in [-0.2, -0.15) is 0 Å². The van der Waals surface area contributed by atoms with Crippen molar-refractivity contribution < 1.29 is 9.53 Å². The van der Waals surface area contributed by atoms with Crippen molar-refractivity contribution in [1.82, 2.24) is 5.32 Å². The van der Waals surface area contributed by atoms with Crippen molar-refractivity contribution in [2.24, 2.45) is 0 Å². The van der Waals surface area contributed by atoms with E-state index in [9.17, 15) is 4.79 Å². The summed E-state index contributed by atoms with van der Waals surface area (Å²) in [6.07, 6.45) is 0.348. The molecule has 4 heteroatoms. The molecule has 0 aliphatic heterocycles. The fourth-order valence-corrected chi connectivity index (χ4v) is 1.36. The molecule has 1 N–H and O–H groups in total. The fourth-order valence-electron chi connectivity index (χ4n) is 1.28. The maximum absolute atomic E-state index is 11.5. The first kappa shape index (κ1) is 12.8. The van der Waals surface area contributed by atoms with Crippen LogP contribution in [-0.4, -0.2) is 24.9 Å². The van der Waals surface area contributed by atoms with Gasteiger partial charge in [0, 0.05) is 11.9 Å². The number of nitrogens with one attached hydrogen (secondary N) is 1. The molecule has 1 aromatic rings. The highest BCUT2D eigenvalue weighted by Gasteiger charge is 2.05. The minimum Gasteiger partial charge on any atom is -0.497 e. The van der Waals surface area contributed by atoms with Crippen LogP contribution in [0.4, 0.5) is 0 Å². The lowest BCUT2D eigenvalue weighted by Crippen LogP contribution is -2.29. The fraction of sp³-hybridized carbons (Fsp3) is 0.417. The molecule has 1 atom stereocenters. The third-order valence-corrected chi connectivity index (χ3v) is 2.23. The molecule has 1 rings (SSSR count). The molecule has 16 heavy (non-hydrogen) atoms. The molecule has 0 aliphatic carbocycles. The average molecular weight is 242 g/mol. The number of ether oxygens (including phenoxy) is 1. The molecule has 1 unspecified atom stereocenters. The predicted octanol–water partition coefficient (Wildman–Crippen LogP) is 1.98. The Hall–Kier alpha value is -1.22. The first-order valence-electron chi connectivity index (χ1n) is 5.15. The first-order valence-corrected chi connectivity index (χ1v) is 5.59. The molecule has 1 amide bonds. The summed E-state index contributed by atoms with van der Waals surface area (Å²) in [6, 6.07) is 7.46. The summed E-state index contributed by atoms with van der Waals surface area (Å²) in [6.45, 7) is 2.33. The molecule has 0 saturated heterocycles. The van der Waals surface area contributed by atoms with Crippen LogP contribution in [0.15, 0.2) is 24.3 Å². The second kappa shape index (κ2) is 6.38. The number of hydrogen-bond acceptors (Lipinski definition) is 2. The molecule has 0 bridgehead atoms. The Morgan fingerprint density at radius 1 is 1.56 bits per heavy atom. The molecule has 0 saturated carbocycles. The molecule has 0 fully saturated rings. The zero-order valence-electron chi connectivity index (χ0n) is 9.50. The minimum absolute atomic E-state index is 0.0271. The second-order valence-corrected chi connectivity index (χ2v) is 4.36. The van der Waals surface area contributed by atoms with Crippen LogP contribution in [-0.2, 0) is 11.2 Å². The van der Waals surface area contributed by atoms with Gasteiger partial charge in [-0.05, 0) is 24.6 Å². The number of benzene rings is 1. The summed E-state index contributed by atoms with van der Waals surface area (Å²) in [5, 5.41) is 2.71. The van der Waals surface area contributed by atoms with Crippen molar-refractivity contribution in [1.29, 1.82) is 0 Å². The Morgan fingerprint density at radius 3 is 2.94 bits per heavy atom. The summed E-state index contributed by atoms with van der Waals surface area (Å²) in [7, 11) is 1.61. The van der Waals surface area contributed by atoms with E-state index >= 15 is 0 Å². The Kier molecular flexibility index (Phi) is 5.12. The van der Waals surface area contributed by atoms with Crippen molar-refractivity contribution in [3.63, 3.8) is 0 Å². The normalized spacial score (nSPS) is 11.9. The van der Waals surface area contributed by atoms with Crippen LogP contribution in [0.5, 0.6) is 5.75 Å². The van der Waals surface area contributed by atoms with E-state index in [0.29, 0.717) is 13.0 Å². The Labute approximate surface area is 101 Å². The van der Waals surface area contributed by atoms with E-state index in [1.165, 1.54) is 0 Å². The van der Waals surface area contributed by atoms with Gasteiger partial charge in [0.1, 0.15) is 5.75 Å². The lowest BCUT2D eigenvalue weighted by atomic mass is 10.1. The van der Waals surface area contributed by atoms with Crippen LogP contribution >= 0.6 is 11.6 Å². The summed E-state index contributed by atoms with van der Waals surface area (Å²) in [5.41, 5.74) is 0.930. The molecule has 3 nitrogen and oxygen atoms in total. The van der Waals surface area contributed by atoms with Gasteiger partial charge >= 0.3 is 0 Å². The first-order chi connectivity index (χ1) is 7.61. The van der Waals surface area contributed by atoms with Crippen molar-refractivity contribution >= 4 is 17.5 Å². The number of hydrogen-bond donors (Lipinski definition) is 1. The van der Waals surface area contributed by atoms with Crippen molar-refractivity contribution in [3.8, 4) is 5.75 Å². The number of carbonyl (C=O) groups excluding carboxylic acids is 1. The number of halogens is 1. The summed E-state index contributed by atoms with van der Waals surface area (Å²) >= 11 is 5.74. The van der Waals surface area contributed by atoms with E-state index in [-0.39, 0.29) is 11.3 Å². The molecule has 0 radical (unpaired) electrons. The van der Waals surface area contributed by atoms with Gasteiger partial charge in [-0.1, -0.05) is 12.1 Å². The number of methoxy groups -OCH3 is 1. The second-order valence-electron chi connectivity index (χ2n) is 3.61. The van der Waals surface area contributed by atoms with Crippen molar-refractivity contribution in [2.75, 3.05) is 13.7 Å². The van der Waals surface area contributed by atoms with Gasteiger partial charge in [-0.3, -0.25) is 4.79 Å². The molecule has 1 aromatic carbocycles. The summed E-state index contributed by atoms with van der Waals surface area (Å²) < 4.78 is 5.08. The van der Waals surface area contributed by atoms with Crippen molar-refractivity contribution in [3.05, 3.63) is 29.8 Å². The van der Waals surface area contributed by atoms with Crippen molar-refractivity contribution in [2.45, 2.75) is 18.7 Å². The van der Waals surface area contributed by atoms with E-state index in [2.05, 4.69) is 5.32 Å². The highest BCUT2D eigenvalue weighted by atomic mass is 35.5. The van der Waals surface area contributed by atoms with Gasteiger partial charge in [-0.25, -0.2) is 0 Å². The van der Waals surface area contributed by atoms with Gasteiger partial charge in [0.2, 0.25) is 5.91 Å². The van der Waals surface area contributed by atoms with Gasteiger partial charge in [0.25, 0.3) is 0 Å². The third-order valence-electron chi connectivity index (χ3n) is 2.08. The Balaban J connectivity index is 2.49. The van der Waals surface area contributed by atoms with E-state index in [4.69, 9.17) is 16.3 Å². The number of carbonyl (C=O) groups is 1. The van der Waals surface area contributed by atoms with Crippen LogP contribution in [0.3, 0.4) is 0 Å². The SMILES string of the molecule is COc1cccc(CC(=O)NCC(C)Cl)c1. The molecule has 88 valence electrons. The molecule has 0 aliphatic rings. The zero-order valence-corrected chi connectivity index (χ0v) is 10.3. The van der Waals surface area contributed by atoms with Gasteiger partial charge in [0.05, 0.1) is 13.5 Å². The standard InChI is InChI=1S/C12H16ClNO2/c1-9(13)8-14-12(15)7-10-4-3-5-11(6-10)16-2/h3-6,9H,7-8H2,1-2H3,(H,14,15). The highest BCUT2D eigenvalue weighted by Crippen LogP contribution is 2.12. The van der Waals surface area contributed by atoms with Crippen LogP contribution in [0.25, 0.3) is 0 Å². The molecular formula is C12H16ClNO2. The van der Waals surface area contributed by atoms with Gasteiger partial charge in [-0.15, -0.1) is 11.6 Å². The quantitative estimate of drug-likeness (QED) is 0.801. The number of rotatable bonds is 5. The maximum Gasteiger partial charge on any atom is 0.224 e. The lowest BCUT2D eigenvalue weighted by Gasteiger charge is -2.07. The van der Waals surface area contributed by atoms with Gasteiger partial charge < -0.3 is 10.1 Å². The molecule has 0 heterocycles. The molecular weight excluding hydrogens is 226 g/mol. The third kappa shape index (κ3) is 4.53. The smallest absolute Gasteiger partial charge is 0.224 e. The maximum atomic E-state index is 11.5. The Bertz CT molecular complexity index is 353. The van der Waals surface area contributed by atoms with Crippen LogP contribution in [0.1, 0.15) is 12.5 Å². The topological polar surface area (TPSA) is 38.3 Å². The highest BCUT2D eigenvalue weighted by molar-refractivity contribution is 6.20. The van der Waals surface area contributed by atoms with Crippen LogP contribution in [0.2, 0.25) is 0 Å². The molecule has 0 aromatic heterocycles. The van der Waals surface area contributed by atoms with Crippen LogP contribution in [0, 0.1) is 0 Å².